The van der Waals surface area contributed by atoms with Crippen LogP contribution in [0.1, 0.15) is 33.8 Å². The minimum atomic E-state index is 0.0646. The Bertz CT molecular complexity index is 861. The van der Waals surface area contributed by atoms with Gasteiger partial charge < -0.3 is 10.2 Å². The summed E-state index contributed by atoms with van der Waals surface area (Å²) in [5.41, 5.74) is 3.59. The third kappa shape index (κ3) is 3.17. The molecule has 3 nitrogen and oxygen atoms in total. The predicted molar refractivity (Wildman–Crippen MR) is 106 cm³/mol. The Morgan fingerprint density at radius 2 is 1.92 bits per heavy atom. The first kappa shape index (κ1) is 16.2. The molecule has 0 radical (unpaired) electrons. The first-order valence-corrected chi connectivity index (χ1v) is 9.59. The van der Waals surface area contributed by atoms with E-state index in [1.807, 2.05) is 24.4 Å². The average molecular weight is 366 g/mol. The third-order valence-corrected chi connectivity index (χ3v) is 6.01. The maximum atomic E-state index is 5.70. The number of benzene rings is 1. The largest absolute Gasteiger partial charge is 0.352 e. The maximum absolute atomic E-state index is 5.70. The van der Waals surface area contributed by atoms with Gasteiger partial charge in [0, 0.05) is 17.6 Å². The number of aryl methyl sites for hydroxylation is 1. The van der Waals surface area contributed by atoms with Gasteiger partial charge in [-0.15, -0.1) is 11.3 Å². The van der Waals surface area contributed by atoms with Gasteiger partial charge in [0.25, 0.3) is 0 Å². The molecule has 0 saturated carbocycles. The average Bonchev–Trinajstić information content (AvgIpc) is 3.20. The van der Waals surface area contributed by atoms with E-state index in [1.165, 1.54) is 16.0 Å². The SMILES string of the molecule is Cc1ccsc1[C@@H]1[C@H](c2ccccn2)NC(=S)N1Cc1ccccc1. The summed E-state index contributed by atoms with van der Waals surface area (Å²) in [6, 6.07) is 18.9. The molecular weight excluding hydrogens is 346 g/mol. The lowest BCUT2D eigenvalue weighted by Crippen LogP contribution is -2.29. The van der Waals surface area contributed by atoms with Gasteiger partial charge in [0.1, 0.15) is 0 Å². The summed E-state index contributed by atoms with van der Waals surface area (Å²) in [6.45, 7) is 2.96. The Morgan fingerprint density at radius 3 is 2.60 bits per heavy atom. The zero-order valence-corrected chi connectivity index (χ0v) is 15.6. The van der Waals surface area contributed by atoms with Gasteiger partial charge in [-0.1, -0.05) is 36.4 Å². The number of nitrogens with one attached hydrogen (secondary N) is 1. The van der Waals surface area contributed by atoms with Gasteiger partial charge in [0.15, 0.2) is 5.11 Å². The summed E-state index contributed by atoms with van der Waals surface area (Å²) < 4.78 is 0. The van der Waals surface area contributed by atoms with E-state index < -0.39 is 0 Å². The standard InChI is InChI=1S/C20H19N3S2/c1-14-10-12-25-19(14)18-17(16-9-5-6-11-21-16)22-20(24)23(18)13-15-7-3-2-4-8-15/h2-12,17-18H,13H2,1H3,(H,22,24)/t17-,18-/m0/s1. The van der Waals surface area contributed by atoms with Crippen molar-refractivity contribution in [3.8, 4) is 0 Å². The number of aromatic nitrogens is 1. The maximum Gasteiger partial charge on any atom is 0.170 e. The van der Waals surface area contributed by atoms with Gasteiger partial charge >= 0.3 is 0 Å². The van der Waals surface area contributed by atoms with Crippen molar-refractivity contribution in [2.75, 3.05) is 0 Å². The quantitative estimate of drug-likeness (QED) is 0.683. The van der Waals surface area contributed by atoms with E-state index in [4.69, 9.17) is 12.2 Å². The van der Waals surface area contributed by atoms with E-state index in [0.717, 1.165) is 17.4 Å². The molecule has 0 bridgehead atoms. The monoisotopic (exact) mass is 365 g/mol. The summed E-state index contributed by atoms with van der Waals surface area (Å²) in [4.78, 5) is 8.22. The van der Waals surface area contributed by atoms with Crippen LogP contribution in [0.3, 0.4) is 0 Å². The highest BCUT2D eigenvalue weighted by Crippen LogP contribution is 2.42. The van der Waals surface area contributed by atoms with Crippen LogP contribution in [0.5, 0.6) is 0 Å². The highest BCUT2D eigenvalue weighted by Gasteiger charge is 2.40. The molecular formula is C20H19N3S2. The summed E-state index contributed by atoms with van der Waals surface area (Å²) in [5.74, 6) is 0. The third-order valence-electron chi connectivity index (χ3n) is 4.56. The molecule has 4 rings (SSSR count). The molecule has 0 unspecified atom stereocenters. The second kappa shape index (κ2) is 6.94. The molecule has 25 heavy (non-hydrogen) atoms. The van der Waals surface area contributed by atoms with Crippen LogP contribution in [-0.4, -0.2) is 15.0 Å². The number of nitrogens with zero attached hydrogens (tertiary/aromatic N) is 2. The minimum absolute atomic E-state index is 0.0646. The van der Waals surface area contributed by atoms with Crippen molar-refractivity contribution in [2.45, 2.75) is 25.6 Å². The van der Waals surface area contributed by atoms with Crippen LogP contribution in [0, 0.1) is 6.92 Å². The van der Waals surface area contributed by atoms with Gasteiger partial charge in [0.05, 0.1) is 17.8 Å². The molecule has 126 valence electrons. The lowest BCUT2D eigenvalue weighted by Gasteiger charge is -2.27. The van der Waals surface area contributed by atoms with Crippen LogP contribution in [0.15, 0.2) is 66.2 Å². The lowest BCUT2D eigenvalue weighted by molar-refractivity contribution is 0.315. The number of hydrogen-bond acceptors (Lipinski definition) is 3. The van der Waals surface area contributed by atoms with Gasteiger partial charge in [-0.2, -0.15) is 0 Å². The predicted octanol–water partition coefficient (Wildman–Crippen LogP) is 4.62. The fourth-order valence-electron chi connectivity index (χ4n) is 3.33. The Balaban J connectivity index is 1.74. The second-order valence-electron chi connectivity index (χ2n) is 6.21. The van der Waals surface area contributed by atoms with E-state index in [2.05, 4.69) is 63.9 Å². The molecule has 0 spiro atoms. The van der Waals surface area contributed by atoms with Crippen molar-refractivity contribution in [1.29, 1.82) is 0 Å². The van der Waals surface area contributed by atoms with Crippen molar-refractivity contribution in [2.24, 2.45) is 0 Å². The smallest absolute Gasteiger partial charge is 0.170 e. The molecule has 1 aromatic carbocycles. The molecule has 1 saturated heterocycles. The Morgan fingerprint density at radius 1 is 1.12 bits per heavy atom. The van der Waals surface area contributed by atoms with Gasteiger partial charge in [-0.3, -0.25) is 4.98 Å². The molecule has 1 N–H and O–H groups in total. The fourth-order valence-corrected chi connectivity index (χ4v) is 4.71. The van der Waals surface area contributed by atoms with Crippen molar-refractivity contribution in [1.82, 2.24) is 15.2 Å². The highest BCUT2D eigenvalue weighted by molar-refractivity contribution is 7.80. The topological polar surface area (TPSA) is 28.2 Å². The van der Waals surface area contributed by atoms with Crippen LogP contribution >= 0.6 is 23.6 Å². The summed E-state index contributed by atoms with van der Waals surface area (Å²) in [5, 5.41) is 6.45. The number of hydrogen-bond donors (Lipinski definition) is 1. The Kier molecular flexibility index (Phi) is 4.51. The first-order chi connectivity index (χ1) is 12.2. The number of rotatable bonds is 4. The van der Waals surface area contributed by atoms with E-state index in [1.54, 1.807) is 11.3 Å². The Labute approximate surface area is 157 Å². The van der Waals surface area contributed by atoms with Crippen molar-refractivity contribution >= 4 is 28.7 Å². The molecule has 5 heteroatoms. The Hall–Kier alpha value is -2.24. The zero-order valence-electron chi connectivity index (χ0n) is 13.9. The number of thiophene rings is 1. The first-order valence-electron chi connectivity index (χ1n) is 8.30. The molecule has 3 heterocycles. The molecule has 1 aliphatic heterocycles. The van der Waals surface area contributed by atoms with E-state index >= 15 is 0 Å². The normalized spacial score (nSPS) is 19.9. The van der Waals surface area contributed by atoms with Gasteiger partial charge in [0.2, 0.25) is 0 Å². The molecule has 2 aromatic heterocycles. The summed E-state index contributed by atoms with van der Waals surface area (Å²) >= 11 is 7.50. The van der Waals surface area contributed by atoms with Crippen molar-refractivity contribution in [3.05, 3.63) is 87.9 Å². The molecule has 0 amide bonds. The van der Waals surface area contributed by atoms with Crippen molar-refractivity contribution in [3.63, 3.8) is 0 Å². The lowest BCUT2D eigenvalue weighted by atomic mass is 10.0. The van der Waals surface area contributed by atoms with Crippen LogP contribution in [0.4, 0.5) is 0 Å². The highest BCUT2D eigenvalue weighted by atomic mass is 32.1. The van der Waals surface area contributed by atoms with Crippen LogP contribution in [0.25, 0.3) is 0 Å². The van der Waals surface area contributed by atoms with Gasteiger partial charge in [-0.05, 0) is 53.8 Å². The molecule has 1 aliphatic rings. The van der Waals surface area contributed by atoms with Crippen LogP contribution in [0.2, 0.25) is 0 Å². The minimum Gasteiger partial charge on any atom is -0.352 e. The van der Waals surface area contributed by atoms with E-state index in [-0.39, 0.29) is 12.1 Å². The van der Waals surface area contributed by atoms with Crippen LogP contribution < -0.4 is 5.32 Å². The molecule has 3 aromatic rings. The molecule has 1 fully saturated rings. The molecule has 2 atom stereocenters. The van der Waals surface area contributed by atoms with Crippen molar-refractivity contribution < 1.29 is 0 Å². The summed E-state index contributed by atoms with van der Waals surface area (Å²) in [7, 11) is 0. The second-order valence-corrected chi connectivity index (χ2v) is 7.54. The number of pyridine rings is 1. The van der Waals surface area contributed by atoms with E-state index in [0.29, 0.717) is 0 Å². The van der Waals surface area contributed by atoms with Crippen LogP contribution in [-0.2, 0) is 6.54 Å². The molecule has 0 aliphatic carbocycles. The number of thiocarbonyl (C=S) groups is 1. The van der Waals surface area contributed by atoms with E-state index in [9.17, 15) is 0 Å². The fraction of sp³-hybridized carbons (Fsp3) is 0.200. The zero-order chi connectivity index (χ0) is 17.2. The summed E-state index contributed by atoms with van der Waals surface area (Å²) in [6.07, 6.45) is 1.85. The van der Waals surface area contributed by atoms with Gasteiger partial charge in [-0.25, -0.2) is 0 Å².